The predicted octanol–water partition coefficient (Wildman–Crippen LogP) is -0.400. The van der Waals surface area contributed by atoms with Gasteiger partial charge in [0.25, 0.3) is 11.9 Å². The number of rotatable bonds is 4. The first-order chi connectivity index (χ1) is 8.29. The number of carbonyl (C=O) groups is 1. The highest BCUT2D eigenvalue weighted by Gasteiger charge is 2.28. The zero-order valence-corrected chi connectivity index (χ0v) is 10.1. The smallest absolute Gasteiger partial charge is 0.292 e. The van der Waals surface area contributed by atoms with Crippen molar-refractivity contribution in [1.82, 2.24) is 10.2 Å². The molecule has 2 aliphatic rings. The first-order valence-electron chi connectivity index (χ1n) is 6.11. The Balaban J connectivity index is 1.72. The molecule has 2 saturated heterocycles. The van der Waals surface area contributed by atoms with E-state index in [0.717, 1.165) is 32.8 Å². The first kappa shape index (κ1) is 12.3. The fourth-order valence-electron chi connectivity index (χ4n) is 1.87. The number of hydrogen-bond acceptors (Lipinski definition) is 5. The lowest BCUT2D eigenvalue weighted by Gasteiger charge is -2.25. The summed E-state index contributed by atoms with van der Waals surface area (Å²) in [5, 5.41) is 2.64. The topological polar surface area (TPSA) is 63.2 Å². The molecular weight excluding hydrogens is 222 g/mol. The van der Waals surface area contributed by atoms with Crippen molar-refractivity contribution in [2.75, 3.05) is 39.4 Å². The van der Waals surface area contributed by atoms with Gasteiger partial charge in [0.05, 0.1) is 19.8 Å². The van der Waals surface area contributed by atoms with E-state index in [4.69, 9.17) is 9.47 Å². The third-order valence-electron chi connectivity index (χ3n) is 2.92. The molecule has 0 bridgehead atoms. The third kappa shape index (κ3) is 3.41. The second-order valence-corrected chi connectivity index (χ2v) is 4.14. The van der Waals surface area contributed by atoms with Gasteiger partial charge in [-0.15, -0.1) is 0 Å². The number of nitrogens with one attached hydrogen (secondary N) is 1. The van der Waals surface area contributed by atoms with Crippen LogP contribution in [0.1, 0.15) is 13.3 Å². The van der Waals surface area contributed by atoms with Crippen LogP contribution in [0, 0.1) is 0 Å². The molecule has 0 radical (unpaired) electrons. The van der Waals surface area contributed by atoms with Crippen LogP contribution in [0.25, 0.3) is 0 Å². The van der Waals surface area contributed by atoms with Gasteiger partial charge < -0.3 is 9.47 Å². The van der Waals surface area contributed by atoms with E-state index in [2.05, 4.69) is 15.2 Å². The van der Waals surface area contributed by atoms with E-state index < -0.39 is 0 Å². The largest absolute Gasteiger partial charge is 0.452 e. The van der Waals surface area contributed by atoms with Gasteiger partial charge in [-0.25, -0.2) is 4.99 Å². The molecule has 96 valence electrons. The summed E-state index contributed by atoms with van der Waals surface area (Å²) < 4.78 is 10.6. The summed E-state index contributed by atoms with van der Waals surface area (Å²) in [7, 11) is 0. The Hall–Kier alpha value is -1.14. The second-order valence-electron chi connectivity index (χ2n) is 4.14. The minimum atomic E-state index is -0.364. The fourth-order valence-corrected chi connectivity index (χ4v) is 1.87. The van der Waals surface area contributed by atoms with E-state index in [1.807, 2.05) is 6.92 Å². The minimum absolute atomic E-state index is 0.0855. The number of morpholine rings is 1. The van der Waals surface area contributed by atoms with Crippen LogP contribution in [0.4, 0.5) is 0 Å². The van der Waals surface area contributed by atoms with Gasteiger partial charge >= 0.3 is 0 Å². The van der Waals surface area contributed by atoms with Crippen LogP contribution < -0.4 is 5.32 Å². The number of amidine groups is 1. The second kappa shape index (κ2) is 5.97. The van der Waals surface area contributed by atoms with Gasteiger partial charge in [-0.05, 0) is 6.42 Å². The lowest BCUT2D eigenvalue weighted by molar-refractivity contribution is -0.123. The molecule has 2 aliphatic heterocycles. The highest BCUT2D eigenvalue weighted by Crippen LogP contribution is 2.05. The number of nitrogens with zero attached hydrogens (tertiary/aromatic N) is 2. The van der Waals surface area contributed by atoms with Gasteiger partial charge in [-0.3, -0.25) is 15.0 Å². The monoisotopic (exact) mass is 241 g/mol. The predicted molar refractivity (Wildman–Crippen MR) is 62.9 cm³/mol. The van der Waals surface area contributed by atoms with Crippen LogP contribution >= 0.6 is 0 Å². The molecule has 1 N–H and O–H groups in total. The Kier molecular flexibility index (Phi) is 4.33. The average molecular weight is 241 g/mol. The van der Waals surface area contributed by atoms with Crippen LogP contribution in [-0.2, 0) is 14.3 Å². The summed E-state index contributed by atoms with van der Waals surface area (Å²) in [6.07, 6.45) is 0.311. The average Bonchev–Trinajstić information content (AvgIpc) is 2.71. The van der Waals surface area contributed by atoms with E-state index in [9.17, 15) is 4.79 Å². The number of amides is 1. The first-order valence-corrected chi connectivity index (χ1v) is 6.11. The molecule has 2 rings (SSSR count). The van der Waals surface area contributed by atoms with Crippen molar-refractivity contribution in [3.8, 4) is 0 Å². The minimum Gasteiger partial charge on any atom is -0.452 e. The van der Waals surface area contributed by atoms with Crippen molar-refractivity contribution in [2.24, 2.45) is 4.99 Å². The van der Waals surface area contributed by atoms with Gasteiger partial charge in [0.1, 0.15) is 0 Å². The molecule has 0 aromatic carbocycles. The van der Waals surface area contributed by atoms with Crippen molar-refractivity contribution in [3.63, 3.8) is 0 Å². The molecule has 6 heteroatoms. The molecule has 0 saturated carbocycles. The molecule has 6 nitrogen and oxygen atoms in total. The Morgan fingerprint density at radius 2 is 2.24 bits per heavy atom. The summed E-state index contributed by atoms with van der Waals surface area (Å²) in [6.45, 7) is 6.94. The Labute approximate surface area is 101 Å². The van der Waals surface area contributed by atoms with Crippen LogP contribution in [0.3, 0.4) is 0 Å². The van der Waals surface area contributed by atoms with Crippen molar-refractivity contribution in [1.29, 1.82) is 0 Å². The van der Waals surface area contributed by atoms with Gasteiger partial charge in [0.15, 0.2) is 6.10 Å². The van der Waals surface area contributed by atoms with Gasteiger partial charge in [-0.2, -0.15) is 0 Å². The Bertz CT molecular complexity index is 300. The highest BCUT2D eigenvalue weighted by molar-refractivity contribution is 6.01. The van der Waals surface area contributed by atoms with E-state index in [-0.39, 0.29) is 12.0 Å². The maximum atomic E-state index is 11.3. The summed E-state index contributed by atoms with van der Waals surface area (Å²) in [5.74, 6) is -0.0855. The number of carbonyl (C=O) groups excluding carboxylic acids is 1. The molecule has 1 unspecified atom stereocenters. The van der Waals surface area contributed by atoms with E-state index in [1.165, 1.54) is 0 Å². The lowest BCUT2D eigenvalue weighted by Crippen LogP contribution is -2.38. The Morgan fingerprint density at radius 3 is 2.88 bits per heavy atom. The molecule has 0 aliphatic carbocycles. The Morgan fingerprint density at radius 1 is 1.47 bits per heavy atom. The van der Waals surface area contributed by atoms with E-state index in [0.29, 0.717) is 19.0 Å². The zero-order chi connectivity index (χ0) is 12.1. The normalized spacial score (nSPS) is 28.2. The summed E-state index contributed by atoms with van der Waals surface area (Å²) in [6, 6.07) is 0.370. The number of ether oxygens (including phenoxy) is 2. The van der Waals surface area contributed by atoms with Gasteiger partial charge in [0.2, 0.25) is 0 Å². The fraction of sp³-hybridized carbons (Fsp3) is 0.818. The summed E-state index contributed by atoms with van der Waals surface area (Å²) >= 11 is 0. The molecule has 0 spiro atoms. The van der Waals surface area contributed by atoms with E-state index in [1.54, 1.807) is 0 Å². The molecular formula is C11H19N3O3. The number of aliphatic imine (C=N–C) groups is 1. The van der Waals surface area contributed by atoms with Crippen molar-refractivity contribution in [3.05, 3.63) is 0 Å². The molecule has 17 heavy (non-hydrogen) atoms. The van der Waals surface area contributed by atoms with Crippen molar-refractivity contribution in [2.45, 2.75) is 19.4 Å². The standard InChI is InChI=1S/C11H19N3O3/c1-2-9-10(15)13-11(17-9)12-3-4-14-5-7-16-8-6-14/h9H,2-8H2,1H3,(H,12,13,15). The maximum absolute atomic E-state index is 11.3. The zero-order valence-electron chi connectivity index (χ0n) is 10.1. The summed E-state index contributed by atoms with van der Waals surface area (Å²) in [5.41, 5.74) is 0. The SMILES string of the molecule is CCC1OC(=NCCN2CCOCC2)NC1=O. The molecule has 0 aromatic heterocycles. The van der Waals surface area contributed by atoms with Crippen LogP contribution in [0.2, 0.25) is 0 Å². The van der Waals surface area contributed by atoms with Crippen LogP contribution in [0.15, 0.2) is 4.99 Å². The van der Waals surface area contributed by atoms with Gasteiger partial charge in [0, 0.05) is 19.6 Å². The summed E-state index contributed by atoms with van der Waals surface area (Å²) in [4.78, 5) is 17.9. The highest BCUT2D eigenvalue weighted by atomic mass is 16.5. The van der Waals surface area contributed by atoms with Gasteiger partial charge in [-0.1, -0.05) is 6.92 Å². The van der Waals surface area contributed by atoms with Crippen LogP contribution in [0.5, 0.6) is 0 Å². The number of hydrogen-bond donors (Lipinski definition) is 1. The van der Waals surface area contributed by atoms with E-state index >= 15 is 0 Å². The maximum Gasteiger partial charge on any atom is 0.292 e. The molecule has 1 amide bonds. The molecule has 1 atom stereocenters. The lowest BCUT2D eigenvalue weighted by atomic mass is 10.3. The third-order valence-corrected chi connectivity index (χ3v) is 2.92. The van der Waals surface area contributed by atoms with Crippen LogP contribution in [-0.4, -0.2) is 62.3 Å². The molecule has 2 fully saturated rings. The van der Waals surface area contributed by atoms with Crippen molar-refractivity contribution >= 4 is 11.9 Å². The quantitative estimate of drug-likeness (QED) is 0.727. The van der Waals surface area contributed by atoms with Crippen molar-refractivity contribution < 1.29 is 14.3 Å². The molecule has 0 aromatic rings. The molecule has 2 heterocycles.